The fourth-order valence-electron chi connectivity index (χ4n) is 1.80. The van der Waals surface area contributed by atoms with Crippen LogP contribution in [-0.4, -0.2) is 22.9 Å². The molecule has 0 aliphatic heterocycles. The summed E-state index contributed by atoms with van der Waals surface area (Å²) < 4.78 is 7.36. The summed E-state index contributed by atoms with van der Waals surface area (Å²) in [6.45, 7) is 1.97. The molecule has 0 unspecified atom stereocenters. The number of aryl methyl sites for hydroxylation is 1. The lowest BCUT2D eigenvalue weighted by atomic mass is 10.1. The van der Waals surface area contributed by atoms with E-state index < -0.39 is 0 Å². The zero-order chi connectivity index (χ0) is 15.9. The average Bonchev–Trinajstić information content (AvgIpc) is 2.89. The fourth-order valence-corrected chi connectivity index (χ4v) is 2.54. The molecule has 1 amide bonds. The molecule has 0 radical (unpaired) electrons. The van der Waals surface area contributed by atoms with Gasteiger partial charge in [0.25, 0.3) is 0 Å². The topological polar surface area (TPSA) is 60.7 Å². The first kappa shape index (κ1) is 16.2. The molecule has 0 atom stereocenters. The number of thiazole rings is 1. The second-order valence-electron chi connectivity index (χ2n) is 4.83. The molecule has 5 nitrogen and oxygen atoms in total. The van der Waals surface area contributed by atoms with Crippen LogP contribution in [0.2, 0.25) is 0 Å². The molecular formula is C16H18N2O3S. The molecule has 2 rings (SSSR count). The number of nitrogens with zero attached hydrogens (tertiary/aromatic N) is 2. The van der Waals surface area contributed by atoms with Crippen molar-refractivity contribution in [2.45, 2.75) is 19.8 Å². The van der Waals surface area contributed by atoms with Crippen LogP contribution >= 0.6 is 11.3 Å². The van der Waals surface area contributed by atoms with E-state index in [1.807, 2.05) is 23.2 Å². The van der Waals surface area contributed by atoms with E-state index in [4.69, 9.17) is 4.74 Å². The summed E-state index contributed by atoms with van der Waals surface area (Å²) >= 11 is 1.43. The molecule has 0 aliphatic carbocycles. The molecule has 0 fully saturated rings. The Kier molecular flexibility index (Phi) is 5.66. The fraction of sp³-hybridized carbons (Fsp3) is 0.312. The molecule has 22 heavy (non-hydrogen) atoms. The lowest BCUT2D eigenvalue weighted by Gasteiger charge is -2.05. The van der Waals surface area contributed by atoms with Gasteiger partial charge < -0.3 is 9.30 Å². The molecule has 0 N–H and O–H groups in total. The van der Waals surface area contributed by atoms with Crippen LogP contribution in [0.25, 0.3) is 0 Å². The summed E-state index contributed by atoms with van der Waals surface area (Å²) in [7, 11) is 1.86. The third-order valence-corrected chi connectivity index (χ3v) is 3.89. The van der Waals surface area contributed by atoms with Gasteiger partial charge in [-0.3, -0.25) is 9.59 Å². The Morgan fingerprint density at radius 3 is 2.59 bits per heavy atom. The molecule has 1 heterocycles. The van der Waals surface area contributed by atoms with E-state index in [0.717, 1.165) is 0 Å². The number of carbonyl (C=O) groups excluding carboxylic acids is 2. The molecule has 0 spiro atoms. The molecule has 0 bridgehead atoms. The minimum atomic E-state index is -0.145. The van der Waals surface area contributed by atoms with Crippen molar-refractivity contribution in [2.75, 3.05) is 6.61 Å². The number of ether oxygens (including phenoxy) is 1. The van der Waals surface area contributed by atoms with Gasteiger partial charge in [-0.2, -0.15) is 4.99 Å². The van der Waals surface area contributed by atoms with Crippen LogP contribution in [0.5, 0.6) is 5.75 Å². The normalized spacial score (nSPS) is 11.5. The Morgan fingerprint density at radius 1 is 1.27 bits per heavy atom. The quantitative estimate of drug-likeness (QED) is 0.607. The molecule has 0 aliphatic rings. The van der Waals surface area contributed by atoms with Crippen LogP contribution in [0.3, 0.4) is 0 Å². The van der Waals surface area contributed by atoms with Crippen molar-refractivity contribution >= 4 is 23.0 Å². The van der Waals surface area contributed by atoms with E-state index in [2.05, 4.69) is 4.99 Å². The van der Waals surface area contributed by atoms with Gasteiger partial charge in [0.15, 0.2) is 10.6 Å². The second kappa shape index (κ2) is 7.70. The van der Waals surface area contributed by atoms with E-state index in [9.17, 15) is 9.59 Å². The molecule has 1 aromatic heterocycles. The largest absolute Gasteiger partial charge is 0.494 e. The van der Waals surface area contributed by atoms with Crippen molar-refractivity contribution in [1.29, 1.82) is 0 Å². The summed E-state index contributed by atoms with van der Waals surface area (Å²) in [5, 5.41) is 1.89. The first-order valence-electron chi connectivity index (χ1n) is 6.98. The summed E-state index contributed by atoms with van der Waals surface area (Å²) in [4.78, 5) is 27.6. The van der Waals surface area contributed by atoms with Gasteiger partial charge in [0.2, 0.25) is 5.91 Å². The number of amides is 1. The molecule has 6 heteroatoms. The van der Waals surface area contributed by atoms with Crippen LogP contribution in [0, 0.1) is 0 Å². The van der Waals surface area contributed by atoms with Gasteiger partial charge in [0.1, 0.15) is 5.75 Å². The van der Waals surface area contributed by atoms with Crippen LogP contribution in [0.1, 0.15) is 30.1 Å². The van der Waals surface area contributed by atoms with Gasteiger partial charge in [-0.05, 0) is 37.6 Å². The minimum absolute atomic E-state index is 0.0282. The minimum Gasteiger partial charge on any atom is -0.494 e. The number of hydrogen-bond donors (Lipinski definition) is 0. The molecular weight excluding hydrogens is 300 g/mol. The number of hydrogen-bond acceptors (Lipinski definition) is 4. The van der Waals surface area contributed by atoms with Gasteiger partial charge >= 0.3 is 0 Å². The standard InChI is InChI=1S/C16H18N2O3S/c1-12(19)13-5-7-14(8-6-13)21-10-3-4-15(20)17-16-18(2)9-11-22-16/h5-9,11H,3-4,10H2,1-2H3. The Bertz CT molecular complexity index is 713. The van der Waals surface area contributed by atoms with Crippen molar-refractivity contribution in [1.82, 2.24) is 4.57 Å². The third kappa shape index (κ3) is 4.66. The molecule has 116 valence electrons. The van der Waals surface area contributed by atoms with Crippen molar-refractivity contribution in [3.63, 3.8) is 0 Å². The van der Waals surface area contributed by atoms with Gasteiger partial charge in [-0.15, -0.1) is 11.3 Å². The van der Waals surface area contributed by atoms with Crippen LogP contribution in [-0.2, 0) is 11.8 Å². The van der Waals surface area contributed by atoms with Crippen LogP contribution in [0.4, 0.5) is 0 Å². The summed E-state index contributed by atoms with van der Waals surface area (Å²) in [6, 6.07) is 6.98. The molecule has 0 saturated heterocycles. The Balaban J connectivity index is 1.76. The second-order valence-corrected chi connectivity index (χ2v) is 5.71. The number of carbonyl (C=O) groups is 2. The Morgan fingerprint density at radius 2 is 2.00 bits per heavy atom. The average molecular weight is 318 g/mol. The van der Waals surface area contributed by atoms with Crippen LogP contribution < -0.4 is 9.54 Å². The maximum absolute atomic E-state index is 11.7. The lowest BCUT2D eigenvalue weighted by Crippen LogP contribution is -2.12. The predicted molar refractivity (Wildman–Crippen MR) is 85.0 cm³/mol. The van der Waals surface area contributed by atoms with E-state index >= 15 is 0 Å². The predicted octanol–water partition coefficient (Wildman–Crippen LogP) is 2.58. The van der Waals surface area contributed by atoms with Crippen molar-refractivity contribution in [3.8, 4) is 5.75 Å². The summed E-state index contributed by atoms with van der Waals surface area (Å²) in [6.07, 6.45) is 2.82. The van der Waals surface area contributed by atoms with E-state index in [1.165, 1.54) is 18.3 Å². The number of aromatic nitrogens is 1. The summed E-state index contributed by atoms with van der Waals surface area (Å²) in [5.41, 5.74) is 0.658. The molecule has 2 aromatic rings. The first-order valence-corrected chi connectivity index (χ1v) is 7.86. The number of benzene rings is 1. The highest BCUT2D eigenvalue weighted by molar-refractivity contribution is 7.07. The van der Waals surface area contributed by atoms with Crippen molar-refractivity contribution in [3.05, 3.63) is 46.2 Å². The maximum atomic E-state index is 11.7. The number of rotatable bonds is 6. The number of Topliss-reactive ketones (excluding diaryl/α,β-unsaturated/α-hetero) is 1. The molecule has 1 aromatic carbocycles. The first-order chi connectivity index (χ1) is 10.6. The third-order valence-electron chi connectivity index (χ3n) is 3.04. The number of ketones is 1. The SMILES string of the molecule is CC(=O)c1ccc(OCCCC(=O)N=c2sccn2C)cc1. The van der Waals surface area contributed by atoms with Gasteiger partial charge in [0.05, 0.1) is 6.61 Å². The van der Waals surface area contributed by atoms with E-state index in [0.29, 0.717) is 35.6 Å². The maximum Gasteiger partial charge on any atom is 0.248 e. The van der Waals surface area contributed by atoms with Gasteiger partial charge in [0, 0.05) is 30.6 Å². The van der Waals surface area contributed by atoms with Gasteiger partial charge in [-0.25, -0.2) is 0 Å². The monoisotopic (exact) mass is 318 g/mol. The smallest absolute Gasteiger partial charge is 0.248 e. The van der Waals surface area contributed by atoms with Crippen LogP contribution in [0.15, 0.2) is 40.8 Å². The zero-order valence-electron chi connectivity index (χ0n) is 12.6. The zero-order valence-corrected chi connectivity index (χ0v) is 13.4. The Hall–Kier alpha value is -2.21. The van der Waals surface area contributed by atoms with Crippen molar-refractivity contribution in [2.24, 2.45) is 12.0 Å². The highest BCUT2D eigenvalue weighted by Crippen LogP contribution is 2.13. The van der Waals surface area contributed by atoms with E-state index in [1.54, 1.807) is 24.3 Å². The Labute approximate surface area is 132 Å². The van der Waals surface area contributed by atoms with Crippen molar-refractivity contribution < 1.29 is 14.3 Å². The highest BCUT2D eigenvalue weighted by Gasteiger charge is 2.02. The highest BCUT2D eigenvalue weighted by atomic mass is 32.1. The van der Waals surface area contributed by atoms with E-state index in [-0.39, 0.29) is 11.7 Å². The lowest BCUT2D eigenvalue weighted by molar-refractivity contribution is -0.118. The summed E-state index contributed by atoms with van der Waals surface area (Å²) in [5.74, 6) is 0.577. The van der Waals surface area contributed by atoms with Gasteiger partial charge in [-0.1, -0.05) is 0 Å². The molecule has 0 saturated carbocycles.